The summed E-state index contributed by atoms with van der Waals surface area (Å²) in [6.07, 6.45) is 6.21. The average Bonchev–Trinajstić information content (AvgIpc) is 2.44. The monoisotopic (exact) mass is 281 g/mol. The number of nitrogens with one attached hydrogen (secondary N) is 2. The summed E-state index contributed by atoms with van der Waals surface area (Å²) in [6, 6.07) is 0.385. The van der Waals surface area contributed by atoms with Crippen LogP contribution in [0.25, 0.3) is 0 Å². The predicted octanol–water partition coefficient (Wildman–Crippen LogP) is 0.0723. The van der Waals surface area contributed by atoms with Crippen LogP contribution in [0.3, 0.4) is 0 Å². The summed E-state index contributed by atoms with van der Waals surface area (Å²) in [5.74, 6) is 3.07. The van der Waals surface area contributed by atoms with Crippen molar-refractivity contribution in [2.45, 2.75) is 26.3 Å². The van der Waals surface area contributed by atoms with Gasteiger partial charge in [0.25, 0.3) is 0 Å². The Balaban J connectivity index is 2.36. The maximum absolute atomic E-state index is 11.7. The first-order valence-electron chi connectivity index (χ1n) is 7.36. The maximum Gasteiger partial charge on any atom is 0.234 e. The molecule has 1 atom stereocenters. The number of nitrogens with zero attached hydrogens (tertiary/aromatic N) is 1. The fourth-order valence-electron chi connectivity index (χ4n) is 2.39. The number of hydrogen-bond acceptors (Lipinski definition) is 4. The molecule has 1 aliphatic rings. The first-order valence-corrected chi connectivity index (χ1v) is 7.36. The Morgan fingerprint density at radius 2 is 2.10 bits per heavy atom. The van der Waals surface area contributed by atoms with Crippen molar-refractivity contribution in [3.05, 3.63) is 0 Å². The zero-order valence-electron chi connectivity index (χ0n) is 12.7. The number of terminal acetylenes is 1. The van der Waals surface area contributed by atoms with E-state index in [1.807, 2.05) is 0 Å². The third-order valence-electron chi connectivity index (χ3n) is 3.35. The lowest BCUT2D eigenvalue weighted by Crippen LogP contribution is -2.50. The highest BCUT2D eigenvalue weighted by Gasteiger charge is 2.22. The highest BCUT2D eigenvalue weighted by atomic mass is 16.5. The molecule has 114 valence electrons. The average molecular weight is 281 g/mol. The lowest BCUT2D eigenvalue weighted by molar-refractivity contribution is -0.120. The molecule has 1 aliphatic heterocycles. The summed E-state index contributed by atoms with van der Waals surface area (Å²) in [7, 11) is 0. The summed E-state index contributed by atoms with van der Waals surface area (Å²) in [5, 5.41) is 5.89. The highest BCUT2D eigenvalue weighted by Crippen LogP contribution is 2.12. The topological polar surface area (TPSA) is 53.6 Å². The minimum absolute atomic E-state index is 0.00210. The molecule has 0 aromatic carbocycles. The van der Waals surface area contributed by atoms with Crippen molar-refractivity contribution in [1.82, 2.24) is 15.5 Å². The van der Waals surface area contributed by atoms with Crippen LogP contribution in [0.5, 0.6) is 0 Å². The fourth-order valence-corrected chi connectivity index (χ4v) is 2.39. The molecule has 0 aromatic rings. The maximum atomic E-state index is 11.7. The molecule has 0 aliphatic carbocycles. The van der Waals surface area contributed by atoms with E-state index in [-0.39, 0.29) is 12.5 Å². The summed E-state index contributed by atoms with van der Waals surface area (Å²) >= 11 is 0. The van der Waals surface area contributed by atoms with Gasteiger partial charge in [-0.05, 0) is 12.3 Å². The summed E-state index contributed by atoms with van der Waals surface area (Å²) in [5.41, 5.74) is 0. The zero-order valence-corrected chi connectivity index (χ0v) is 12.7. The SMILES string of the molecule is C#CCNCC(=O)NCC(CC(C)C)N1CCOCC1. The number of carbonyl (C=O) groups is 1. The molecule has 0 spiro atoms. The smallest absolute Gasteiger partial charge is 0.234 e. The van der Waals surface area contributed by atoms with Crippen molar-refractivity contribution in [1.29, 1.82) is 0 Å². The van der Waals surface area contributed by atoms with Crippen LogP contribution in [-0.4, -0.2) is 62.8 Å². The Labute approximate surface area is 122 Å². The van der Waals surface area contributed by atoms with E-state index in [1.165, 1.54) is 0 Å². The Kier molecular flexibility index (Phi) is 8.28. The molecule has 1 unspecified atom stereocenters. The second kappa shape index (κ2) is 9.76. The first kappa shape index (κ1) is 17.0. The molecular weight excluding hydrogens is 254 g/mol. The number of carbonyl (C=O) groups excluding carboxylic acids is 1. The number of rotatable bonds is 8. The summed E-state index contributed by atoms with van der Waals surface area (Å²) in [6.45, 7) is 9.28. The molecule has 0 saturated carbocycles. The van der Waals surface area contributed by atoms with Crippen molar-refractivity contribution in [3.63, 3.8) is 0 Å². The van der Waals surface area contributed by atoms with E-state index >= 15 is 0 Å². The third-order valence-corrected chi connectivity index (χ3v) is 3.35. The van der Waals surface area contributed by atoms with E-state index in [0.29, 0.717) is 25.0 Å². The standard InChI is InChI=1S/C15H27N3O2/c1-4-5-16-12-15(19)17-11-14(10-13(2)3)18-6-8-20-9-7-18/h1,13-14,16H,5-12H2,2-3H3,(H,17,19). The minimum Gasteiger partial charge on any atom is -0.379 e. The first-order chi connectivity index (χ1) is 9.63. The molecule has 1 saturated heterocycles. The number of amides is 1. The second-order valence-electron chi connectivity index (χ2n) is 5.54. The number of ether oxygens (including phenoxy) is 1. The van der Waals surface area contributed by atoms with E-state index in [9.17, 15) is 4.79 Å². The van der Waals surface area contributed by atoms with Crippen LogP contribution in [0.4, 0.5) is 0 Å². The van der Waals surface area contributed by atoms with Crippen molar-refractivity contribution >= 4 is 5.91 Å². The normalized spacial score (nSPS) is 17.7. The van der Waals surface area contributed by atoms with Gasteiger partial charge in [-0.2, -0.15) is 0 Å². The molecule has 20 heavy (non-hydrogen) atoms. The largest absolute Gasteiger partial charge is 0.379 e. The Hall–Kier alpha value is -1.09. The zero-order chi connectivity index (χ0) is 14.8. The van der Waals surface area contributed by atoms with Gasteiger partial charge < -0.3 is 10.1 Å². The van der Waals surface area contributed by atoms with Gasteiger partial charge in [-0.1, -0.05) is 19.8 Å². The van der Waals surface area contributed by atoms with Crippen LogP contribution >= 0.6 is 0 Å². The number of hydrogen-bond donors (Lipinski definition) is 2. The predicted molar refractivity (Wildman–Crippen MR) is 80.3 cm³/mol. The van der Waals surface area contributed by atoms with Crippen LogP contribution in [0.1, 0.15) is 20.3 Å². The van der Waals surface area contributed by atoms with Crippen LogP contribution in [0.15, 0.2) is 0 Å². The van der Waals surface area contributed by atoms with E-state index < -0.39 is 0 Å². The van der Waals surface area contributed by atoms with Gasteiger partial charge in [0.15, 0.2) is 0 Å². The van der Waals surface area contributed by atoms with Gasteiger partial charge in [-0.25, -0.2) is 0 Å². The molecule has 0 aromatic heterocycles. The van der Waals surface area contributed by atoms with Gasteiger partial charge in [0.1, 0.15) is 0 Å². The molecule has 2 N–H and O–H groups in total. The number of morpholine rings is 1. The minimum atomic E-state index is 0.00210. The molecule has 5 nitrogen and oxygen atoms in total. The summed E-state index contributed by atoms with van der Waals surface area (Å²) < 4.78 is 5.39. The Bertz CT molecular complexity index is 320. The molecular formula is C15H27N3O2. The van der Waals surface area contributed by atoms with Crippen LogP contribution < -0.4 is 10.6 Å². The van der Waals surface area contributed by atoms with Gasteiger partial charge >= 0.3 is 0 Å². The quantitative estimate of drug-likeness (QED) is 0.488. The Morgan fingerprint density at radius 1 is 1.40 bits per heavy atom. The van der Waals surface area contributed by atoms with Crippen molar-refractivity contribution in [2.24, 2.45) is 5.92 Å². The van der Waals surface area contributed by atoms with Gasteiger partial charge in [0, 0.05) is 25.7 Å². The molecule has 1 heterocycles. The lowest BCUT2D eigenvalue weighted by Gasteiger charge is -2.35. The van der Waals surface area contributed by atoms with Crippen LogP contribution in [-0.2, 0) is 9.53 Å². The molecule has 1 amide bonds. The van der Waals surface area contributed by atoms with Gasteiger partial charge in [0.2, 0.25) is 5.91 Å². The molecule has 1 fully saturated rings. The molecule has 5 heteroatoms. The van der Waals surface area contributed by atoms with Gasteiger partial charge in [0.05, 0.1) is 26.3 Å². The fraction of sp³-hybridized carbons (Fsp3) is 0.800. The van der Waals surface area contributed by atoms with Gasteiger partial charge in [-0.3, -0.25) is 15.0 Å². The summed E-state index contributed by atoms with van der Waals surface area (Å²) in [4.78, 5) is 14.1. The van der Waals surface area contributed by atoms with E-state index in [2.05, 4.69) is 35.3 Å². The second-order valence-corrected chi connectivity index (χ2v) is 5.54. The molecule has 1 rings (SSSR count). The molecule has 0 radical (unpaired) electrons. The highest BCUT2D eigenvalue weighted by molar-refractivity contribution is 5.78. The van der Waals surface area contributed by atoms with Crippen molar-refractivity contribution in [3.8, 4) is 12.3 Å². The third kappa shape index (κ3) is 6.90. The van der Waals surface area contributed by atoms with Crippen molar-refractivity contribution in [2.75, 3.05) is 45.9 Å². The Morgan fingerprint density at radius 3 is 2.70 bits per heavy atom. The lowest BCUT2D eigenvalue weighted by atomic mass is 10.0. The van der Waals surface area contributed by atoms with E-state index in [4.69, 9.17) is 11.2 Å². The van der Waals surface area contributed by atoms with Crippen LogP contribution in [0.2, 0.25) is 0 Å². The van der Waals surface area contributed by atoms with E-state index in [0.717, 1.165) is 32.7 Å². The van der Waals surface area contributed by atoms with Crippen molar-refractivity contribution < 1.29 is 9.53 Å². The molecule has 0 bridgehead atoms. The van der Waals surface area contributed by atoms with Crippen LogP contribution in [0, 0.1) is 18.3 Å². The van der Waals surface area contributed by atoms with E-state index in [1.54, 1.807) is 0 Å². The van der Waals surface area contributed by atoms with Gasteiger partial charge in [-0.15, -0.1) is 6.42 Å².